The Morgan fingerprint density at radius 1 is 0.966 bits per heavy atom. The summed E-state index contributed by atoms with van der Waals surface area (Å²) in [6.45, 7) is 0.531. The maximum absolute atomic E-state index is 12.0. The lowest BCUT2D eigenvalue weighted by molar-refractivity contribution is -0.118. The van der Waals surface area contributed by atoms with Gasteiger partial charge in [-0.2, -0.15) is 5.10 Å². The van der Waals surface area contributed by atoms with Gasteiger partial charge in [0.2, 0.25) is 0 Å². The van der Waals surface area contributed by atoms with Crippen molar-refractivity contribution in [1.29, 1.82) is 0 Å². The number of para-hydroxylation sites is 1. The van der Waals surface area contributed by atoms with Crippen LogP contribution >= 0.6 is 0 Å². The molecule has 0 atom stereocenters. The highest BCUT2D eigenvalue weighted by atomic mass is 16.5. The Morgan fingerprint density at radius 2 is 1.69 bits per heavy atom. The summed E-state index contributed by atoms with van der Waals surface area (Å²) in [5.74, 6) is 0.781. The van der Waals surface area contributed by atoms with E-state index in [0.29, 0.717) is 18.0 Å². The molecule has 3 aromatic rings. The number of anilines is 1. The van der Waals surface area contributed by atoms with Crippen LogP contribution in [0.3, 0.4) is 0 Å². The Bertz CT molecular complexity index is 944. The van der Waals surface area contributed by atoms with E-state index in [1.165, 1.54) is 0 Å². The molecule has 0 aliphatic rings. The monoisotopic (exact) mass is 389 g/mol. The van der Waals surface area contributed by atoms with Crippen molar-refractivity contribution >= 4 is 17.8 Å². The van der Waals surface area contributed by atoms with E-state index in [1.807, 2.05) is 66.7 Å². The molecule has 3 aromatic carbocycles. The number of rotatable bonds is 9. The van der Waals surface area contributed by atoms with E-state index in [0.717, 1.165) is 16.8 Å². The third kappa shape index (κ3) is 6.39. The van der Waals surface area contributed by atoms with Crippen molar-refractivity contribution in [3.8, 4) is 11.5 Å². The van der Waals surface area contributed by atoms with Crippen molar-refractivity contribution < 1.29 is 14.3 Å². The highest BCUT2D eigenvalue weighted by Gasteiger charge is 2.08. The Balaban J connectivity index is 1.52. The molecule has 0 fully saturated rings. The smallest absolute Gasteiger partial charge is 0.262 e. The number of carbonyl (C=O) groups is 1. The molecule has 0 saturated carbocycles. The fourth-order valence-corrected chi connectivity index (χ4v) is 2.60. The van der Waals surface area contributed by atoms with Crippen molar-refractivity contribution in [3.05, 3.63) is 90.0 Å². The average Bonchev–Trinajstić information content (AvgIpc) is 2.77. The highest BCUT2D eigenvalue weighted by Crippen LogP contribution is 2.27. The van der Waals surface area contributed by atoms with Gasteiger partial charge in [-0.25, -0.2) is 0 Å². The normalized spacial score (nSPS) is 10.5. The molecule has 0 radical (unpaired) electrons. The standard InChI is InChI=1S/C23H23N3O3/c1-28-22-14-19(16-25-24-15-18-8-4-2-5-9-18)12-13-21(22)29-17-23(27)26-20-10-6-3-7-11-20/h2-14,16,24H,15,17H2,1H3,(H,26,27). The molecular weight excluding hydrogens is 366 g/mol. The fourth-order valence-electron chi connectivity index (χ4n) is 2.60. The largest absolute Gasteiger partial charge is 0.493 e. The van der Waals surface area contributed by atoms with E-state index in [2.05, 4.69) is 15.8 Å². The third-order valence-corrected chi connectivity index (χ3v) is 4.03. The lowest BCUT2D eigenvalue weighted by Gasteiger charge is -2.11. The number of hydrogen-bond donors (Lipinski definition) is 2. The zero-order chi connectivity index (χ0) is 20.3. The zero-order valence-corrected chi connectivity index (χ0v) is 16.2. The van der Waals surface area contributed by atoms with Crippen molar-refractivity contribution in [2.75, 3.05) is 19.0 Å². The Kier molecular flexibility index (Phi) is 7.23. The maximum atomic E-state index is 12.0. The summed E-state index contributed by atoms with van der Waals surface area (Å²) in [5.41, 5.74) is 5.74. The minimum absolute atomic E-state index is 0.114. The summed E-state index contributed by atoms with van der Waals surface area (Å²) in [5, 5.41) is 7.00. The predicted octanol–water partition coefficient (Wildman–Crippen LogP) is 3.84. The average molecular weight is 389 g/mol. The number of amides is 1. The van der Waals surface area contributed by atoms with E-state index < -0.39 is 0 Å². The SMILES string of the molecule is COc1cc(C=NNCc2ccccc2)ccc1OCC(=O)Nc1ccccc1. The van der Waals surface area contributed by atoms with E-state index in [4.69, 9.17) is 9.47 Å². The summed E-state index contributed by atoms with van der Waals surface area (Å²) < 4.78 is 11.0. The molecule has 0 unspecified atom stereocenters. The number of hydrazone groups is 1. The second kappa shape index (κ2) is 10.5. The molecule has 0 saturated heterocycles. The van der Waals surface area contributed by atoms with E-state index in [9.17, 15) is 4.79 Å². The van der Waals surface area contributed by atoms with Gasteiger partial charge in [0.05, 0.1) is 19.9 Å². The number of methoxy groups -OCH3 is 1. The lowest BCUT2D eigenvalue weighted by atomic mass is 10.2. The summed E-state index contributed by atoms with van der Waals surface area (Å²) in [6, 6.07) is 24.7. The van der Waals surface area contributed by atoms with Crippen LogP contribution in [0.25, 0.3) is 0 Å². The maximum Gasteiger partial charge on any atom is 0.262 e. The van der Waals surface area contributed by atoms with Gasteiger partial charge in [-0.05, 0) is 41.5 Å². The first-order valence-electron chi connectivity index (χ1n) is 9.20. The first-order chi connectivity index (χ1) is 14.2. The molecule has 0 heterocycles. The van der Waals surface area contributed by atoms with Gasteiger partial charge in [0, 0.05) is 5.69 Å². The number of hydrogen-bond acceptors (Lipinski definition) is 5. The Morgan fingerprint density at radius 3 is 2.41 bits per heavy atom. The van der Waals surface area contributed by atoms with Crippen molar-refractivity contribution in [2.24, 2.45) is 5.10 Å². The number of ether oxygens (including phenoxy) is 2. The minimum atomic E-state index is -0.242. The second-order valence-corrected chi connectivity index (χ2v) is 6.19. The number of nitrogens with zero attached hydrogens (tertiary/aromatic N) is 1. The van der Waals surface area contributed by atoms with Gasteiger partial charge in [-0.15, -0.1) is 0 Å². The van der Waals surface area contributed by atoms with E-state index in [-0.39, 0.29) is 12.5 Å². The molecule has 148 valence electrons. The van der Waals surface area contributed by atoms with Crippen LogP contribution in [0.5, 0.6) is 11.5 Å². The van der Waals surface area contributed by atoms with Crippen LogP contribution in [0, 0.1) is 0 Å². The molecule has 6 nitrogen and oxygen atoms in total. The van der Waals surface area contributed by atoms with Crippen LogP contribution in [0.15, 0.2) is 84.0 Å². The van der Waals surface area contributed by atoms with Gasteiger partial charge in [0.25, 0.3) is 5.91 Å². The molecule has 6 heteroatoms. The van der Waals surface area contributed by atoms with Crippen LogP contribution in [0.4, 0.5) is 5.69 Å². The summed E-state index contributed by atoms with van der Waals surface area (Å²) in [4.78, 5) is 12.0. The van der Waals surface area contributed by atoms with Crippen LogP contribution in [0.2, 0.25) is 0 Å². The molecule has 29 heavy (non-hydrogen) atoms. The Labute approximate surface area is 170 Å². The fraction of sp³-hybridized carbons (Fsp3) is 0.130. The molecule has 0 spiro atoms. The molecule has 0 aromatic heterocycles. The van der Waals surface area contributed by atoms with E-state index in [1.54, 1.807) is 25.5 Å². The lowest BCUT2D eigenvalue weighted by Crippen LogP contribution is -2.20. The van der Waals surface area contributed by atoms with E-state index >= 15 is 0 Å². The van der Waals surface area contributed by atoms with Crippen LogP contribution in [-0.2, 0) is 11.3 Å². The van der Waals surface area contributed by atoms with Crippen molar-refractivity contribution in [3.63, 3.8) is 0 Å². The van der Waals surface area contributed by atoms with Crippen LogP contribution in [0.1, 0.15) is 11.1 Å². The summed E-state index contributed by atoms with van der Waals surface area (Å²) >= 11 is 0. The molecule has 3 rings (SSSR count). The molecule has 1 amide bonds. The van der Waals surface area contributed by atoms with Gasteiger partial charge in [0.15, 0.2) is 18.1 Å². The van der Waals surface area contributed by atoms with Gasteiger partial charge >= 0.3 is 0 Å². The zero-order valence-electron chi connectivity index (χ0n) is 16.2. The predicted molar refractivity (Wildman–Crippen MR) is 114 cm³/mol. The molecule has 0 aliphatic carbocycles. The first kappa shape index (κ1) is 19.9. The quantitative estimate of drug-likeness (QED) is 0.431. The number of nitrogens with one attached hydrogen (secondary N) is 2. The van der Waals surface area contributed by atoms with Gasteiger partial charge in [0.1, 0.15) is 0 Å². The van der Waals surface area contributed by atoms with Crippen LogP contribution in [-0.4, -0.2) is 25.8 Å². The van der Waals surface area contributed by atoms with Gasteiger partial charge in [-0.1, -0.05) is 48.5 Å². The molecule has 0 aliphatic heterocycles. The minimum Gasteiger partial charge on any atom is -0.493 e. The Hall–Kier alpha value is -3.80. The number of carbonyl (C=O) groups excluding carboxylic acids is 1. The molecule has 2 N–H and O–H groups in total. The summed E-state index contributed by atoms with van der Waals surface area (Å²) in [6.07, 6.45) is 1.71. The van der Waals surface area contributed by atoms with Crippen molar-refractivity contribution in [1.82, 2.24) is 5.43 Å². The first-order valence-corrected chi connectivity index (χ1v) is 9.20. The topological polar surface area (TPSA) is 71.9 Å². The molecular formula is C23H23N3O3. The second-order valence-electron chi connectivity index (χ2n) is 6.19. The van der Waals surface area contributed by atoms with Crippen LogP contribution < -0.4 is 20.2 Å². The van der Waals surface area contributed by atoms with Gasteiger partial charge in [-0.3, -0.25) is 4.79 Å². The highest BCUT2D eigenvalue weighted by molar-refractivity contribution is 5.91. The van der Waals surface area contributed by atoms with Crippen molar-refractivity contribution in [2.45, 2.75) is 6.54 Å². The van der Waals surface area contributed by atoms with Gasteiger partial charge < -0.3 is 20.2 Å². The molecule has 0 bridgehead atoms. The third-order valence-electron chi connectivity index (χ3n) is 4.03. The summed E-state index contributed by atoms with van der Waals surface area (Å²) in [7, 11) is 1.56. The number of benzene rings is 3.